The van der Waals surface area contributed by atoms with Crippen molar-refractivity contribution in [2.24, 2.45) is 10.3 Å². The molecule has 0 saturated carbocycles. The number of sulfonamides is 2. The standard InChI is InChI=1S/C22H24N6O6S2/c23-35(31,32)19-8-4-17(5-9-19)27-21(29)25-13-15-2-1-3-16(12-15)14-26-22(30)28-18-6-10-20(11-7-18)36(24,33)34/h1-12H,13-14H2,(H2,23,31,32)(H2,24,33,34)(H2,25,27,29)(H2,26,28,30). The number of urea groups is 2. The maximum Gasteiger partial charge on any atom is 0.319 e. The van der Waals surface area contributed by atoms with Gasteiger partial charge in [-0.05, 0) is 59.7 Å². The number of carbonyl (C=O) groups is 2. The summed E-state index contributed by atoms with van der Waals surface area (Å²) < 4.78 is 45.2. The molecule has 12 nitrogen and oxygen atoms in total. The first-order valence-corrected chi connectivity index (χ1v) is 13.4. The van der Waals surface area contributed by atoms with Gasteiger partial charge >= 0.3 is 12.1 Å². The molecule has 3 aromatic carbocycles. The second kappa shape index (κ2) is 11.2. The molecule has 0 unspecified atom stereocenters. The SMILES string of the molecule is NS(=O)(=O)c1ccc(NC(=O)NCc2cccc(CNC(=O)Nc3ccc(S(N)(=O)=O)cc3)c2)cc1. The van der Waals surface area contributed by atoms with E-state index in [4.69, 9.17) is 10.3 Å². The van der Waals surface area contributed by atoms with Crippen LogP contribution in [-0.2, 0) is 33.1 Å². The summed E-state index contributed by atoms with van der Waals surface area (Å²) in [6, 6.07) is 17.1. The fraction of sp³-hybridized carbons (Fsp3) is 0.0909. The molecular formula is C22H24N6O6S2. The smallest absolute Gasteiger partial charge is 0.319 e. The zero-order chi connectivity index (χ0) is 26.3. The van der Waals surface area contributed by atoms with Crippen molar-refractivity contribution >= 4 is 43.5 Å². The van der Waals surface area contributed by atoms with E-state index in [2.05, 4.69) is 21.3 Å². The first kappa shape index (κ1) is 26.6. The van der Waals surface area contributed by atoms with Crippen molar-refractivity contribution in [3.8, 4) is 0 Å². The van der Waals surface area contributed by atoms with E-state index in [1.165, 1.54) is 48.5 Å². The Hall–Kier alpha value is -3.98. The highest BCUT2D eigenvalue weighted by molar-refractivity contribution is 7.89. The number of benzene rings is 3. The van der Waals surface area contributed by atoms with Crippen LogP contribution in [0.1, 0.15) is 11.1 Å². The van der Waals surface area contributed by atoms with Crippen LogP contribution in [0.2, 0.25) is 0 Å². The summed E-state index contributed by atoms with van der Waals surface area (Å²) in [4.78, 5) is 24.2. The van der Waals surface area contributed by atoms with Gasteiger partial charge in [0.05, 0.1) is 9.79 Å². The Balaban J connectivity index is 1.47. The molecule has 3 aromatic rings. The van der Waals surface area contributed by atoms with Gasteiger partial charge in [0, 0.05) is 24.5 Å². The van der Waals surface area contributed by atoms with E-state index in [9.17, 15) is 26.4 Å². The van der Waals surface area contributed by atoms with E-state index in [-0.39, 0.29) is 22.9 Å². The minimum absolute atomic E-state index is 0.0625. The lowest BCUT2D eigenvalue weighted by molar-refractivity contribution is 0.251. The van der Waals surface area contributed by atoms with Gasteiger partial charge in [0.2, 0.25) is 20.0 Å². The lowest BCUT2D eigenvalue weighted by Gasteiger charge is -2.11. The largest absolute Gasteiger partial charge is 0.334 e. The van der Waals surface area contributed by atoms with Gasteiger partial charge in [-0.25, -0.2) is 36.7 Å². The van der Waals surface area contributed by atoms with Crippen molar-refractivity contribution in [2.45, 2.75) is 22.9 Å². The summed E-state index contributed by atoms with van der Waals surface area (Å²) in [7, 11) is -7.63. The van der Waals surface area contributed by atoms with Gasteiger partial charge in [0.15, 0.2) is 0 Å². The third kappa shape index (κ3) is 8.06. The highest BCUT2D eigenvalue weighted by Gasteiger charge is 2.09. The van der Waals surface area contributed by atoms with Crippen LogP contribution in [0.4, 0.5) is 21.0 Å². The predicted octanol–water partition coefficient (Wildman–Crippen LogP) is 1.62. The molecule has 4 amide bonds. The first-order valence-electron chi connectivity index (χ1n) is 10.3. The molecule has 0 saturated heterocycles. The molecule has 0 aliphatic rings. The Kier molecular flexibility index (Phi) is 8.26. The molecule has 0 spiro atoms. The number of nitrogens with one attached hydrogen (secondary N) is 4. The number of amides is 4. The Bertz CT molecular complexity index is 1350. The van der Waals surface area contributed by atoms with Crippen LogP contribution in [-0.4, -0.2) is 28.9 Å². The van der Waals surface area contributed by atoms with Crippen LogP contribution in [0.5, 0.6) is 0 Å². The molecule has 14 heteroatoms. The Labute approximate surface area is 208 Å². The maximum absolute atomic E-state index is 12.1. The average Bonchev–Trinajstić information content (AvgIpc) is 2.81. The number of anilines is 2. The summed E-state index contributed by atoms with van der Waals surface area (Å²) in [5, 5.41) is 20.6. The predicted molar refractivity (Wildman–Crippen MR) is 134 cm³/mol. The molecule has 0 fully saturated rings. The van der Waals surface area contributed by atoms with Crippen molar-refractivity contribution in [3.05, 3.63) is 83.9 Å². The van der Waals surface area contributed by atoms with Crippen LogP contribution >= 0.6 is 0 Å². The zero-order valence-corrected chi connectivity index (χ0v) is 20.4. The van der Waals surface area contributed by atoms with Crippen molar-refractivity contribution in [3.63, 3.8) is 0 Å². The fourth-order valence-electron chi connectivity index (χ4n) is 3.02. The van der Waals surface area contributed by atoms with Crippen LogP contribution in [0.15, 0.2) is 82.6 Å². The number of hydrogen-bond donors (Lipinski definition) is 6. The maximum atomic E-state index is 12.1. The summed E-state index contributed by atoms with van der Waals surface area (Å²) in [6.07, 6.45) is 0. The number of carbonyl (C=O) groups excluding carboxylic acids is 2. The second-order valence-electron chi connectivity index (χ2n) is 7.57. The van der Waals surface area contributed by atoms with Crippen molar-refractivity contribution < 1.29 is 26.4 Å². The fourth-order valence-corrected chi connectivity index (χ4v) is 4.05. The average molecular weight is 533 g/mol. The third-order valence-electron chi connectivity index (χ3n) is 4.78. The molecule has 0 aliphatic heterocycles. The quantitative estimate of drug-likeness (QED) is 0.254. The Morgan fingerprint density at radius 1 is 0.611 bits per heavy atom. The number of rotatable bonds is 8. The third-order valence-corrected chi connectivity index (χ3v) is 6.64. The molecule has 190 valence electrons. The first-order chi connectivity index (χ1) is 16.9. The molecule has 0 radical (unpaired) electrons. The van der Waals surface area contributed by atoms with E-state index < -0.39 is 32.1 Å². The van der Waals surface area contributed by atoms with Gasteiger partial charge in [-0.2, -0.15) is 0 Å². The lowest BCUT2D eigenvalue weighted by Crippen LogP contribution is -2.29. The number of hydrogen-bond acceptors (Lipinski definition) is 6. The molecule has 0 atom stereocenters. The topological polar surface area (TPSA) is 203 Å². The van der Waals surface area contributed by atoms with E-state index in [0.717, 1.165) is 11.1 Å². The molecule has 0 bridgehead atoms. The second-order valence-corrected chi connectivity index (χ2v) is 10.7. The normalized spacial score (nSPS) is 11.4. The monoisotopic (exact) mass is 532 g/mol. The van der Waals surface area contributed by atoms with E-state index >= 15 is 0 Å². The van der Waals surface area contributed by atoms with Gasteiger partial charge in [-0.3, -0.25) is 0 Å². The van der Waals surface area contributed by atoms with E-state index in [1.54, 1.807) is 18.2 Å². The number of primary sulfonamides is 2. The van der Waals surface area contributed by atoms with Crippen LogP contribution in [0, 0.1) is 0 Å². The molecular weight excluding hydrogens is 508 g/mol. The van der Waals surface area contributed by atoms with E-state index in [1.807, 2.05) is 6.07 Å². The zero-order valence-electron chi connectivity index (χ0n) is 18.8. The lowest BCUT2D eigenvalue weighted by atomic mass is 10.1. The highest BCUT2D eigenvalue weighted by Crippen LogP contribution is 2.14. The summed E-state index contributed by atoms with van der Waals surface area (Å²) in [5.74, 6) is 0. The minimum atomic E-state index is -3.81. The minimum Gasteiger partial charge on any atom is -0.334 e. The van der Waals surface area contributed by atoms with Gasteiger partial charge in [-0.1, -0.05) is 24.3 Å². The van der Waals surface area contributed by atoms with Crippen LogP contribution < -0.4 is 31.5 Å². The molecule has 8 N–H and O–H groups in total. The molecule has 0 aromatic heterocycles. The van der Waals surface area contributed by atoms with Crippen LogP contribution in [0.3, 0.4) is 0 Å². The van der Waals surface area contributed by atoms with Crippen molar-refractivity contribution in [1.82, 2.24) is 10.6 Å². The molecule has 3 rings (SSSR count). The van der Waals surface area contributed by atoms with Crippen molar-refractivity contribution in [1.29, 1.82) is 0 Å². The van der Waals surface area contributed by atoms with E-state index in [0.29, 0.717) is 11.4 Å². The van der Waals surface area contributed by atoms with Crippen molar-refractivity contribution in [2.75, 3.05) is 10.6 Å². The van der Waals surface area contributed by atoms with Gasteiger partial charge in [-0.15, -0.1) is 0 Å². The summed E-state index contributed by atoms with van der Waals surface area (Å²) >= 11 is 0. The highest BCUT2D eigenvalue weighted by atomic mass is 32.2. The summed E-state index contributed by atoms with van der Waals surface area (Å²) in [5.41, 5.74) is 2.35. The number of nitrogens with two attached hydrogens (primary N) is 2. The van der Waals surface area contributed by atoms with Crippen LogP contribution in [0.25, 0.3) is 0 Å². The Morgan fingerprint density at radius 2 is 0.972 bits per heavy atom. The van der Waals surface area contributed by atoms with Gasteiger partial charge in [0.25, 0.3) is 0 Å². The molecule has 0 heterocycles. The Morgan fingerprint density at radius 3 is 1.31 bits per heavy atom. The van der Waals surface area contributed by atoms with Gasteiger partial charge in [0.1, 0.15) is 0 Å². The molecule has 0 aliphatic carbocycles. The summed E-state index contributed by atoms with van der Waals surface area (Å²) in [6.45, 7) is 0.412. The van der Waals surface area contributed by atoms with Gasteiger partial charge < -0.3 is 21.3 Å². The molecule has 36 heavy (non-hydrogen) atoms.